The highest BCUT2D eigenvalue weighted by atomic mass is 19.4. The Labute approximate surface area is 146 Å². The summed E-state index contributed by atoms with van der Waals surface area (Å²) in [5.74, 6) is 0.951. The molecule has 1 aliphatic heterocycles. The maximum atomic E-state index is 12.8. The summed E-state index contributed by atoms with van der Waals surface area (Å²) in [6.07, 6.45) is -1.27. The van der Waals surface area contributed by atoms with Crippen molar-refractivity contribution in [3.05, 3.63) is 40.1 Å². The molecule has 4 rings (SSSR count). The predicted octanol–water partition coefficient (Wildman–Crippen LogP) is 1.78. The summed E-state index contributed by atoms with van der Waals surface area (Å²) in [5, 5.41) is 0. The van der Waals surface area contributed by atoms with Crippen molar-refractivity contribution in [1.29, 1.82) is 0 Å². The van der Waals surface area contributed by atoms with E-state index in [1.807, 2.05) is 4.90 Å². The first-order valence-electron chi connectivity index (χ1n) is 8.41. The zero-order valence-electron chi connectivity index (χ0n) is 13.8. The molecular weight excluding hydrogens is 349 g/mol. The van der Waals surface area contributed by atoms with Crippen molar-refractivity contribution in [2.24, 2.45) is 0 Å². The van der Waals surface area contributed by atoms with Crippen molar-refractivity contribution in [3.8, 4) is 0 Å². The molecule has 2 aromatic heterocycles. The molecule has 0 amide bonds. The molecule has 7 nitrogen and oxygen atoms in total. The monoisotopic (exact) mass is 366 g/mol. The molecular formula is C16H17F3N6O. The largest absolute Gasteiger partial charge is 0.433 e. The topological polar surface area (TPSA) is 78.0 Å². The van der Waals surface area contributed by atoms with Gasteiger partial charge in [-0.3, -0.25) is 9.78 Å². The Hall–Kier alpha value is -2.65. The highest BCUT2D eigenvalue weighted by molar-refractivity contribution is 5.38. The number of rotatable bonds is 3. The van der Waals surface area contributed by atoms with Crippen LogP contribution in [0.1, 0.15) is 30.1 Å². The van der Waals surface area contributed by atoms with Crippen LogP contribution in [0.2, 0.25) is 0 Å². The lowest BCUT2D eigenvalue weighted by Crippen LogP contribution is -2.48. The number of halogens is 3. The lowest BCUT2D eigenvalue weighted by molar-refractivity contribution is -0.141. The van der Waals surface area contributed by atoms with Gasteiger partial charge in [-0.1, -0.05) is 0 Å². The third kappa shape index (κ3) is 3.49. The SMILES string of the molecule is O=c1cc(C2CC2)nc(N2CCN(c3nccc(C(F)(F)F)n3)CC2)[nH]1. The van der Waals surface area contributed by atoms with E-state index in [0.717, 1.165) is 30.8 Å². The zero-order chi connectivity index (χ0) is 18.3. The molecule has 2 aliphatic rings. The van der Waals surface area contributed by atoms with E-state index in [1.165, 1.54) is 6.07 Å². The molecule has 1 saturated heterocycles. The van der Waals surface area contributed by atoms with Gasteiger partial charge in [0.05, 0.1) is 5.69 Å². The molecule has 26 heavy (non-hydrogen) atoms. The van der Waals surface area contributed by atoms with E-state index < -0.39 is 11.9 Å². The van der Waals surface area contributed by atoms with Crippen LogP contribution >= 0.6 is 0 Å². The van der Waals surface area contributed by atoms with Gasteiger partial charge >= 0.3 is 6.18 Å². The molecule has 2 fully saturated rings. The maximum absolute atomic E-state index is 12.8. The van der Waals surface area contributed by atoms with E-state index in [0.29, 0.717) is 38.0 Å². The van der Waals surface area contributed by atoms with Crippen molar-refractivity contribution in [2.75, 3.05) is 36.0 Å². The Bertz CT molecular complexity index is 856. The Kier molecular flexibility index (Phi) is 4.04. The second-order valence-electron chi connectivity index (χ2n) is 6.48. The van der Waals surface area contributed by atoms with Crippen LogP contribution in [0.25, 0.3) is 0 Å². The number of aromatic nitrogens is 4. The summed E-state index contributed by atoms with van der Waals surface area (Å²) in [6.45, 7) is 1.91. The van der Waals surface area contributed by atoms with Gasteiger partial charge in [0.15, 0.2) is 0 Å². The number of hydrogen-bond acceptors (Lipinski definition) is 6. The van der Waals surface area contributed by atoms with Crippen LogP contribution in [0.15, 0.2) is 23.1 Å². The molecule has 0 aromatic carbocycles. The molecule has 0 spiro atoms. The van der Waals surface area contributed by atoms with E-state index in [4.69, 9.17) is 0 Å². The van der Waals surface area contributed by atoms with E-state index >= 15 is 0 Å². The van der Waals surface area contributed by atoms with Gasteiger partial charge in [-0.15, -0.1) is 0 Å². The van der Waals surface area contributed by atoms with Crippen LogP contribution in [0.5, 0.6) is 0 Å². The summed E-state index contributed by atoms with van der Waals surface area (Å²) in [5.41, 5.74) is -0.319. The van der Waals surface area contributed by atoms with E-state index in [1.54, 1.807) is 4.90 Å². The van der Waals surface area contributed by atoms with Crippen molar-refractivity contribution in [2.45, 2.75) is 24.9 Å². The average Bonchev–Trinajstić information content (AvgIpc) is 3.46. The van der Waals surface area contributed by atoms with Gasteiger partial charge in [0.2, 0.25) is 11.9 Å². The standard InChI is InChI=1S/C16H17F3N6O/c17-16(18,19)12-3-4-20-14(22-12)24-5-7-25(8-6-24)15-21-11(10-1-2-10)9-13(26)23-15/h3-4,9-10H,1-2,5-8H2,(H,21,23,26). The number of H-pyrrole nitrogens is 1. The summed E-state index contributed by atoms with van der Waals surface area (Å²) in [7, 11) is 0. The summed E-state index contributed by atoms with van der Waals surface area (Å²) >= 11 is 0. The number of piperazine rings is 1. The second kappa shape index (κ2) is 6.26. The Morgan fingerprint density at radius 2 is 1.77 bits per heavy atom. The first kappa shape index (κ1) is 16.8. The molecule has 3 heterocycles. The maximum Gasteiger partial charge on any atom is 0.433 e. The molecule has 138 valence electrons. The quantitative estimate of drug-likeness (QED) is 0.892. The van der Waals surface area contributed by atoms with Crippen LogP contribution in [0, 0.1) is 0 Å². The number of alkyl halides is 3. The van der Waals surface area contributed by atoms with Crippen LogP contribution < -0.4 is 15.4 Å². The molecule has 1 aliphatic carbocycles. The van der Waals surface area contributed by atoms with Gasteiger partial charge in [0.25, 0.3) is 5.56 Å². The molecule has 2 aromatic rings. The number of nitrogens with zero attached hydrogens (tertiary/aromatic N) is 5. The van der Waals surface area contributed by atoms with Crippen LogP contribution in [-0.4, -0.2) is 46.1 Å². The fourth-order valence-electron chi connectivity index (χ4n) is 2.98. The third-order valence-electron chi connectivity index (χ3n) is 4.54. The number of anilines is 2. The van der Waals surface area contributed by atoms with Crippen molar-refractivity contribution >= 4 is 11.9 Å². The van der Waals surface area contributed by atoms with Gasteiger partial charge < -0.3 is 9.80 Å². The van der Waals surface area contributed by atoms with E-state index in [2.05, 4.69) is 19.9 Å². The van der Waals surface area contributed by atoms with Gasteiger partial charge in [0, 0.05) is 44.4 Å². The van der Waals surface area contributed by atoms with Crippen LogP contribution in [0.4, 0.5) is 25.1 Å². The van der Waals surface area contributed by atoms with Gasteiger partial charge in [0.1, 0.15) is 5.69 Å². The normalized spacial score (nSPS) is 18.3. The lowest BCUT2D eigenvalue weighted by atomic mass is 10.3. The molecule has 10 heteroatoms. The Morgan fingerprint density at radius 3 is 2.42 bits per heavy atom. The van der Waals surface area contributed by atoms with Gasteiger partial charge in [-0.05, 0) is 18.9 Å². The van der Waals surface area contributed by atoms with Crippen molar-refractivity contribution in [3.63, 3.8) is 0 Å². The summed E-state index contributed by atoms with van der Waals surface area (Å²) in [4.78, 5) is 30.3. The Morgan fingerprint density at radius 1 is 1.08 bits per heavy atom. The first-order valence-corrected chi connectivity index (χ1v) is 8.41. The number of hydrogen-bond donors (Lipinski definition) is 1. The van der Waals surface area contributed by atoms with Crippen LogP contribution in [-0.2, 0) is 6.18 Å². The summed E-state index contributed by atoms with van der Waals surface area (Å²) < 4.78 is 38.4. The minimum Gasteiger partial charge on any atom is -0.339 e. The van der Waals surface area contributed by atoms with Crippen molar-refractivity contribution in [1.82, 2.24) is 19.9 Å². The first-order chi connectivity index (χ1) is 12.4. The van der Waals surface area contributed by atoms with E-state index in [9.17, 15) is 18.0 Å². The highest BCUT2D eigenvalue weighted by Crippen LogP contribution is 2.38. The average molecular weight is 366 g/mol. The molecule has 1 N–H and O–H groups in total. The fourth-order valence-corrected chi connectivity index (χ4v) is 2.98. The minimum atomic E-state index is -4.49. The number of nitrogens with one attached hydrogen (secondary N) is 1. The highest BCUT2D eigenvalue weighted by Gasteiger charge is 2.33. The molecule has 0 atom stereocenters. The fraction of sp³-hybridized carbons (Fsp3) is 0.500. The van der Waals surface area contributed by atoms with Crippen molar-refractivity contribution < 1.29 is 13.2 Å². The molecule has 1 saturated carbocycles. The van der Waals surface area contributed by atoms with E-state index in [-0.39, 0.29) is 11.5 Å². The smallest absolute Gasteiger partial charge is 0.339 e. The lowest BCUT2D eigenvalue weighted by Gasteiger charge is -2.35. The van der Waals surface area contributed by atoms with Gasteiger partial charge in [-0.25, -0.2) is 15.0 Å². The molecule has 0 unspecified atom stereocenters. The second-order valence-corrected chi connectivity index (χ2v) is 6.48. The minimum absolute atomic E-state index is 0.0626. The van der Waals surface area contributed by atoms with Crippen LogP contribution in [0.3, 0.4) is 0 Å². The zero-order valence-corrected chi connectivity index (χ0v) is 13.8. The third-order valence-corrected chi connectivity index (χ3v) is 4.54. The Balaban J connectivity index is 1.47. The number of aromatic amines is 1. The van der Waals surface area contributed by atoms with Gasteiger partial charge in [-0.2, -0.15) is 13.2 Å². The predicted molar refractivity (Wildman–Crippen MR) is 88.3 cm³/mol. The molecule has 0 bridgehead atoms. The molecule has 0 radical (unpaired) electrons. The summed E-state index contributed by atoms with van der Waals surface area (Å²) in [6, 6.07) is 2.39.